The molecule has 0 saturated heterocycles. The van der Waals surface area contributed by atoms with Crippen LogP contribution in [-0.4, -0.2) is 21.6 Å². The van der Waals surface area contributed by atoms with E-state index < -0.39 is 11.8 Å². The molecule has 128 valence electrons. The Kier molecular flexibility index (Phi) is 4.99. The second kappa shape index (κ2) is 7.17. The lowest BCUT2D eigenvalue weighted by atomic mass is 10.1. The summed E-state index contributed by atoms with van der Waals surface area (Å²) in [5, 5.41) is 9.41. The molecule has 0 aliphatic heterocycles. The zero-order chi connectivity index (χ0) is 17.1. The predicted molar refractivity (Wildman–Crippen MR) is 94.0 cm³/mol. The number of rotatable bonds is 3. The molecule has 2 aromatic heterocycles. The number of carbonyl (C=O) groups excluding carboxylic acids is 2. The fraction of sp³-hybridized carbons (Fsp3) is 0.471. The van der Waals surface area contributed by atoms with Crippen LogP contribution in [0.1, 0.15) is 40.3 Å². The zero-order valence-electron chi connectivity index (χ0n) is 14.0. The molecule has 3 rings (SSSR count). The number of carbonyl (C=O) groups is 2. The molecule has 24 heavy (non-hydrogen) atoms. The van der Waals surface area contributed by atoms with Crippen molar-refractivity contribution >= 4 is 29.0 Å². The molecule has 0 saturated carbocycles. The van der Waals surface area contributed by atoms with Crippen LogP contribution in [0, 0.1) is 6.92 Å². The number of fused-ring (bicyclic) bond motifs is 1. The molecule has 0 unspecified atom stereocenters. The molecule has 2 amide bonds. The van der Waals surface area contributed by atoms with Crippen LogP contribution in [0.15, 0.2) is 12.1 Å². The van der Waals surface area contributed by atoms with E-state index in [2.05, 4.69) is 21.8 Å². The lowest BCUT2D eigenvalue weighted by molar-refractivity contribution is -0.136. The lowest BCUT2D eigenvalue weighted by Gasteiger charge is -2.05. The first-order chi connectivity index (χ1) is 11.5. The predicted octanol–water partition coefficient (Wildman–Crippen LogP) is 2.31. The molecule has 1 aliphatic rings. The molecule has 1 aliphatic carbocycles. The van der Waals surface area contributed by atoms with Crippen LogP contribution in [0.25, 0.3) is 0 Å². The Morgan fingerprint density at radius 3 is 2.75 bits per heavy atom. The van der Waals surface area contributed by atoms with Crippen molar-refractivity contribution in [1.29, 1.82) is 0 Å². The maximum atomic E-state index is 12.0. The van der Waals surface area contributed by atoms with E-state index in [1.54, 1.807) is 24.5 Å². The van der Waals surface area contributed by atoms with Crippen molar-refractivity contribution in [2.45, 2.75) is 45.6 Å². The first-order valence-electron chi connectivity index (χ1n) is 8.23. The largest absolute Gasteiger partial charge is 0.343 e. The van der Waals surface area contributed by atoms with Crippen LogP contribution in [0.4, 0.5) is 5.82 Å². The van der Waals surface area contributed by atoms with Gasteiger partial charge in [-0.1, -0.05) is 6.42 Å². The van der Waals surface area contributed by atoms with Crippen molar-refractivity contribution in [3.05, 3.63) is 33.1 Å². The molecule has 7 heteroatoms. The third-order valence-electron chi connectivity index (χ3n) is 4.17. The molecule has 0 spiro atoms. The minimum atomic E-state index is -0.670. The SMILES string of the molecule is Cc1cc(NC(=O)C(=O)NCc2cc3c(s2)CCCCC3)n(C)n1. The molecule has 2 heterocycles. The maximum absolute atomic E-state index is 12.0. The van der Waals surface area contributed by atoms with Crippen LogP contribution >= 0.6 is 11.3 Å². The Labute approximate surface area is 145 Å². The third-order valence-corrected chi connectivity index (χ3v) is 5.41. The summed E-state index contributed by atoms with van der Waals surface area (Å²) >= 11 is 1.75. The number of thiophene rings is 1. The van der Waals surface area contributed by atoms with Gasteiger partial charge in [-0.15, -0.1) is 11.3 Å². The lowest BCUT2D eigenvalue weighted by Crippen LogP contribution is -2.35. The summed E-state index contributed by atoms with van der Waals surface area (Å²) in [5.74, 6) is -0.788. The molecule has 0 aromatic carbocycles. The number of aromatic nitrogens is 2. The number of nitrogens with one attached hydrogen (secondary N) is 2. The summed E-state index contributed by atoms with van der Waals surface area (Å²) in [4.78, 5) is 26.5. The van der Waals surface area contributed by atoms with E-state index in [4.69, 9.17) is 0 Å². The summed E-state index contributed by atoms with van der Waals surface area (Å²) < 4.78 is 1.54. The maximum Gasteiger partial charge on any atom is 0.314 e. The van der Waals surface area contributed by atoms with Crippen LogP contribution < -0.4 is 10.6 Å². The van der Waals surface area contributed by atoms with E-state index in [1.165, 1.54) is 34.4 Å². The standard InChI is InChI=1S/C17H22N4O2S/c1-11-8-15(21(2)20-11)19-17(23)16(22)18-10-13-9-12-6-4-3-5-7-14(12)24-13/h8-9H,3-7,10H2,1-2H3,(H,18,22)(H,19,23). The van der Waals surface area contributed by atoms with Crippen molar-refractivity contribution < 1.29 is 9.59 Å². The van der Waals surface area contributed by atoms with Gasteiger partial charge in [0.25, 0.3) is 0 Å². The Morgan fingerprint density at radius 1 is 1.21 bits per heavy atom. The Balaban J connectivity index is 1.55. The van der Waals surface area contributed by atoms with Gasteiger partial charge in [-0.25, -0.2) is 0 Å². The monoisotopic (exact) mass is 346 g/mol. The van der Waals surface area contributed by atoms with Gasteiger partial charge in [0.2, 0.25) is 0 Å². The van der Waals surface area contributed by atoms with E-state index in [9.17, 15) is 9.59 Å². The van der Waals surface area contributed by atoms with Gasteiger partial charge in [-0.05, 0) is 44.2 Å². The van der Waals surface area contributed by atoms with E-state index in [-0.39, 0.29) is 0 Å². The Bertz CT molecular complexity index is 739. The number of aryl methyl sites for hydroxylation is 4. The third kappa shape index (κ3) is 3.84. The van der Waals surface area contributed by atoms with E-state index in [0.717, 1.165) is 23.4 Å². The Hall–Kier alpha value is -2.15. The molecular weight excluding hydrogens is 324 g/mol. The van der Waals surface area contributed by atoms with Gasteiger partial charge in [0.05, 0.1) is 12.2 Å². The number of hydrogen-bond acceptors (Lipinski definition) is 4. The minimum absolute atomic E-state index is 0.397. The Morgan fingerprint density at radius 2 is 2.00 bits per heavy atom. The summed E-state index contributed by atoms with van der Waals surface area (Å²) in [6.07, 6.45) is 6.03. The van der Waals surface area contributed by atoms with Gasteiger partial charge >= 0.3 is 11.8 Å². The van der Waals surface area contributed by atoms with Gasteiger partial charge in [-0.2, -0.15) is 5.10 Å². The summed E-state index contributed by atoms with van der Waals surface area (Å²) in [6, 6.07) is 3.90. The quantitative estimate of drug-likeness (QED) is 0.661. The highest BCUT2D eigenvalue weighted by atomic mass is 32.1. The molecule has 2 aromatic rings. The van der Waals surface area contributed by atoms with Gasteiger partial charge in [0, 0.05) is 22.9 Å². The number of hydrogen-bond donors (Lipinski definition) is 2. The van der Waals surface area contributed by atoms with Crippen molar-refractivity contribution in [3.8, 4) is 0 Å². The molecular formula is C17H22N4O2S. The number of anilines is 1. The second-order valence-electron chi connectivity index (χ2n) is 6.15. The van der Waals surface area contributed by atoms with Crippen molar-refractivity contribution in [2.75, 3.05) is 5.32 Å². The zero-order valence-corrected chi connectivity index (χ0v) is 14.8. The second-order valence-corrected chi connectivity index (χ2v) is 7.37. The summed E-state index contributed by atoms with van der Waals surface area (Å²) in [5.41, 5.74) is 2.20. The average molecular weight is 346 g/mol. The molecule has 0 atom stereocenters. The first kappa shape index (κ1) is 16.7. The minimum Gasteiger partial charge on any atom is -0.343 e. The highest BCUT2D eigenvalue weighted by Crippen LogP contribution is 2.28. The van der Waals surface area contributed by atoms with Gasteiger partial charge in [0.15, 0.2) is 0 Å². The highest BCUT2D eigenvalue weighted by molar-refractivity contribution is 7.12. The highest BCUT2D eigenvalue weighted by Gasteiger charge is 2.17. The van der Waals surface area contributed by atoms with E-state index >= 15 is 0 Å². The van der Waals surface area contributed by atoms with Gasteiger partial charge in [0.1, 0.15) is 5.82 Å². The topological polar surface area (TPSA) is 76.0 Å². The average Bonchev–Trinajstić information content (AvgIpc) is 2.99. The first-order valence-corrected chi connectivity index (χ1v) is 9.05. The van der Waals surface area contributed by atoms with Crippen LogP contribution in [0.3, 0.4) is 0 Å². The van der Waals surface area contributed by atoms with Crippen LogP contribution in [0.2, 0.25) is 0 Å². The molecule has 0 bridgehead atoms. The molecule has 0 fully saturated rings. The smallest absolute Gasteiger partial charge is 0.314 e. The number of amides is 2. The van der Waals surface area contributed by atoms with E-state index in [1.807, 2.05) is 6.92 Å². The number of nitrogens with zero attached hydrogens (tertiary/aromatic N) is 2. The van der Waals surface area contributed by atoms with Crippen LogP contribution in [0.5, 0.6) is 0 Å². The summed E-state index contributed by atoms with van der Waals surface area (Å²) in [6.45, 7) is 2.23. The van der Waals surface area contributed by atoms with Crippen molar-refractivity contribution in [1.82, 2.24) is 15.1 Å². The summed E-state index contributed by atoms with van der Waals surface area (Å²) in [7, 11) is 1.72. The van der Waals surface area contributed by atoms with Crippen molar-refractivity contribution in [3.63, 3.8) is 0 Å². The van der Waals surface area contributed by atoms with Crippen molar-refractivity contribution in [2.24, 2.45) is 7.05 Å². The van der Waals surface area contributed by atoms with Gasteiger partial charge < -0.3 is 10.6 Å². The molecule has 6 nitrogen and oxygen atoms in total. The van der Waals surface area contributed by atoms with Crippen LogP contribution in [-0.2, 0) is 36.0 Å². The fourth-order valence-corrected chi connectivity index (χ4v) is 4.17. The molecule has 0 radical (unpaired) electrons. The van der Waals surface area contributed by atoms with E-state index in [0.29, 0.717) is 12.4 Å². The normalized spacial score (nSPS) is 13.9. The fourth-order valence-electron chi connectivity index (χ4n) is 2.96. The van der Waals surface area contributed by atoms with Gasteiger partial charge in [-0.3, -0.25) is 14.3 Å². The molecule has 2 N–H and O–H groups in total.